The van der Waals surface area contributed by atoms with Crippen molar-refractivity contribution in [3.8, 4) is 0 Å². The maximum Gasteiger partial charge on any atom is 0.0233 e. The summed E-state index contributed by atoms with van der Waals surface area (Å²) in [4.78, 5) is 0. The Morgan fingerprint density at radius 3 is 2.55 bits per heavy atom. The number of nitrogens with one attached hydrogen (secondary N) is 1. The van der Waals surface area contributed by atoms with Gasteiger partial charge in [-0.25, -0.2) is 5.48 Å². The molecule has 0 saturated carbocycles. The van der Waals surface area contributed by atoms with E-state index in [1.807, 2.05) is 0 Å². The van der Waals surface area contributed by atoms with Gasteiger partial charge in [-0.2, -0.15) is 0 Å². The summed E-state index contributed by atoms with van der Waals surface area (Å²) >= 11 is 0. The molecular weight excluding hydrogens is 138 g/mol. The number of hydrogen-bond acceptors (Lipinski definition) is 2. The first kappa shape index (κ1) is 10.9. The van der Waals surface area contributed by atoms with E-state index in [1.165, 1.54) is 32.1 Å². The fourth-order valence-electron chi connectivity index (χ4n) is 1.18. The van der Waals surface area contributed by atoms with Gasteiger partial charge in [0.1, 0.15) is 0 Å². The van der Waals surface area contributed by atoms with Gasteiger partial charge < -0.3 is 5.21 Å². The molecule has 0 spiro atoms. The van der Waals surface area contributed by atoms with E-state index >= 15 is 0 Å². The molecule has 0 aromatic rings. The minimum absolute atomic E-state index is 0.608. The summed E-state index contributed by atoms with van der Waals surface area (Å²) < 4.78 is 0. The third-order valence-electron chi connectivity index (χ3n) is 1.99. The highest BCUT2D eigenvalue weighted by atomic mass is 16.5. The van der Waals surface area contributed by atoms with Crippen LogP contribution in [0.2, 0.25) is 0 Å². The molecule has 2 nitrogen and oxygen atoms in total. The van der Waals surface area contributed by atoms with Gasteiger partial charge in [0, 0.05) is 6.54 Å². The summed E-state index contributed by atoms with van der Waals surface area (Å²) in [5.74, 6) is 0.608. The molecule has 0 fully saturated rings. The summed E-state index contributed by atoms with van der Waals surface area (Å²) in [6, 6.07) is 0. The van der Waals surface area contributed by atoms with E-state index in [1.54, 1.807) is 0 Å². The Kier molecular flexibility index (Phi) is 7.96. The van der Waals surface area contributed by atoms with Crippen LogP contribution in [0.1, 0.15) is 46.0 Å². The molecule has 0 bridgehead atoms. The molecule has 2 N–H and O–H groups in total. The van der Waals surface area contributed by atoms with E-state index in [2.05, 4.69) is 19.3 Å². The van der Waals surface area contributed by atoms with Gasteiger partial charge in [0.2, 0.25) is 0 Å². The van der Waals surface area contributed by atoms with Crippen molar-refractivity contribution >= 4 is 0 Å². The predicted octanol–water partition coefficient (Wildman–Crippen LogP) is 2.57. The molecule has 0 rings (SSSR count). The van der Waals surface area contributed by atoms with Gasteiger partial charge in [-0.1, -0.05) is 39.5 Å². The van der Waals surface area contributed by atoms with E-state index < -0.39 is 0 Å². The van der Waals surface area contributed by atoms with E-state index in [-0.39, 0.29) is 0 Å². The summed E-state index contributed by atoms with van der Waals surface area (Å²) in [6.45, 7) is 5.11. The van der Waals surface area contributed by atoms with Crippen molar-refractivity contribution < 1.29 is 5.21 Å². The smallest absolute Gasteiger partial charge is 0.0233 e. The normalized spacial score (nSPS) is 13.4. The van der Waals surface area contributed by atoms with E-state index in [0.717, 1.165) is 6.54 Å². The predicted molar refractivity (Wildman–Crippen MR) is 47.7 cm³/mol. The fourth-order valence-corrected chi connectivity index (χ4v) is 1.18. The zero-order valence-corrected chi connectivity index (χ0v) is 7.77. The molecule has 1 unspecified atom stereocenters. The van der Waals surface area contributed by atoms with Crippen LogP contribution in [0, 0.1) is 5.92 Å². The molecule has 68 valence electrons. The van der Waals surface area contributed by atoms with Crippen LogP contribution in [0.3, 0.4) is 0 Å². The quantitative estimate of drug-likeness (QED) is 0.442. The number of rotatable bonds is 7. The summed E-state index contributed by atoms with van der Waals surface area (Å²) in [5.41, 5.74) is 2.21. The lowest BCUT2D eigenvalue weighted by atomic mass is 10.0. The Morgan fingerprint density at radius 1 is 1.27 bits per heavy atom. The first-order valence-electron chi connectivity index (χ1n) is 4.68. The largest absolute Gasteiger partial charge is 0.317 e. The van der Waals surface area contributed by atoms with E-state index in [4.69, 9.17) is 5.21 Å². The van der Waals surface area contributed by atoms with Crippen molar-refractivity contribution in [2.75, 3.05) is 6.54 Å². The maximum atomic E-state index is 8.39. The van der Waals surface area contributed by atoms with Crippen LogP contribution in [-0.4, -0.2) is 11.8 Å². The number of hydrogen-bond donors (Lipinski definition) is 2. The lowest BCUT2D eigenvalue weighted by Gasteiger charge is -2.08. The Bertz CT molecular complexity index is 76.0. The summed E-state index contributed by atoms with van der Waals surface area (Å²) in [7, 11) is 0. The van der Waals surface area contributed by atoms with Crippen LogP contribution >= 0.6 is 0 Å². The van der Waals surface area contributed by atoms with Crippen LogP contribution < -0.4 is 5.48 Å². The van der Waals surface area contributed by atoms with Crippen molar-refractivity contribution in [1.82, 2.24) is 5.48 Å². The standard InChI is InChI=1S/C9H21NO/c1-3-4-5-6-7-9(2)8-10-11/h9-11H,3-8H2,1-2H3. The van der Waals surface area contributed by atoms with Gasteiger partial charge in [-0.15, -0.1) is 0 Å². The second-order valence-electron chi connectivity index (χ2n) is 3.32. The van der Waals surface area contributed by atoms with Crippen molar-refractivity contribution in [3.05, 3.63) is 0 Å². The van der Waals surface area contributed by atoms with E-state index in [0.29, 0.717) is 5.92 Å². The molecule has 0 aliphatic carbocycles. The van der Waals surface area contributed by atoms with Crippen molar-refractivity contribution in [2.45, 2.75) is 46.0 Å². The Balaban J connectivity index is 2.97. The van der Waals surface area contributed by atoms with Gasteiger partial charge in [0.05, 0.1) is 0 Å². The van der Waals surface area contributed by atoms with Gasteiger partial charge in [0.25, 0.3) is 0 Å². The van der Waals surface area contributed by atoms with Gasteiger partial charge in [-0.3, -0.25) is 0 Å². The van der Waals surface area contributed by atoms with Crippen LogP contribution in [0.5, 0.6) is 0 Å². The van der Waals surface area contributed by atoms with Crippen LogP contribution in [0.15, 0.2) is 0 Å². The fraction of sp³-hybridized carbons (Fsp3) is 1.00. The lowest BCUT2D eigenvalue weighted by molar-refractivity contribution is 0.149. The number of unbranched alkanes of at least 4 members (excludes halogenated alkanes) is 3. The highest BCUT2D eigenvalue weighted by Crippen LogP contribution is 2.08. The zero-order valence-electron chi connectivity index (χ0n) is 7.77. The third kappa shape index (κ3) is 7.82. The second-order valence-corrected chi connectivity index (χ2v) is 3.32. The van der Waals surface area contributed by atoms with Crippen LogP contribution in [0.25, 0.3) is 0 Å². The first-order chi connectivity index (χ1) is 5.31. The first-order valence-corrected chi connectivity index (χ1v) is 4.68. The number of hydroxylamine groups is 1. The average molecular weight is 159 g/mol. The van der Waals surface area contributed by atoms with Crippen molar-refractivity contribution in [1.29, 1.82) is 0 Å². The van der Waals surface area contributed by atoms with Gasteiger partial charge in [0.15, 0.2) is 0 Å². The molecule has 0 aromatic carbocycles. The molecule has 0 aliphatic rings. The SMILES string of the molecule is CCCCCCC(C)CNO. The molecule has 0 amide bonds. The Hall–Kier alpha value is -0.0800. The Morgan fingerprint density at radius 2 is 2.00 bits per heavy atom. The maximum absolute atomic E-state index is 8.39. The molecule has 0 heterocycles. The highest BCUT2D eigenvalue weighted by molar-refractivity contribution is 4.53. The molecule has 0 saturated heterocycles. The second kappa shape index (κ2) is 8.02. The molecule has 1 atom stereocenters. The zero-order chi connectivity index (χ0) is 8.53. The molecule has 11 heavy (non-hydrogen) atoms. The van der Waals surface area contributed by atoms with Gasteiger partial charge >= 0.3 is 0 Å². The average Bonchev–Trinajstić information content (AvgIpc) is 1.99. The summed E-state index contributed by atoms with van der Waals surface area (Å²) in [5, 5.41) is 8.39. The minimum Gasteiger partial charge on any atom is -0.317 e. The lowest BCUT2D eigenvalue weighted by Crippen LogP contribution is -2.16. The van der Waals surface area contributed by atoms with Crippen LogP contribution in [-0.2, 0) is 0 Å². The van der Waals surface area contributed by atoms with Crippen molar-refractivity contribution in [3.63, 3.8) is 0 Å². The molecular formula is C9H21NO. The van der Waals surface area contributed by atoms with E-state index in [9.17, 15) is 0 Å². The topological polar surface area (TPSA) is 32.3 Å². The molecule has 0 aliphatic heterocycles. The monoisotopic (exact) mass is 159 g/mol. The van der Waals surface area contributed by atoms with Crippen molar-refractivity contribution in [2.24, 2.45) is 5.92 Å². The third-order valence-corrected chi connectivity index (χ3v) is 1.99. The van der Waals surface area contributed by atoms with Crippen LogP contribution in [0.4, 0.5) is 0 Å². The highest BCUT2D eigenvalue weighted by Gasteiger charge is 1.99. The Labute approximate surface area is 70.0 Å². The molecule has 0 aromatic heterocycles. The molecule has 2 heteroatoms. The minimum atomic E-state index is 0.608. The summed E-state index contributed by atoms with van der Waals surface area (Å²) in [6.07, 6.45) is 6.52. The van der Waals surface area contributed by atoms with Gasteiger partial charge in [-0.05, 0) is 12.3 Å². The molecule has 0 radical (unpaired) electrons.